The maximum Gasteiger partial charge on any atom is 0.227 e. The zero-order chi connectivity index (χ0) is 23.9. The van der Waals surface area contributed by atoms with E-state index in [9.17, 15) is 4.79 Å². The Morgan fingerprint density at radius 1 is 1.09 bits per heavy atom. The minimum absolute atomic E-state index is 0.243. The van der Waals surface area contributed by atoms with Crippen LogP contribution in [0.2, 0.25) is 5.02 Å². The Bertz CT molecular complexity index is 1330. The molecule has 3 aliphatic heterocycles. The number of fused-ring (bicyclic) bond motifs is 2. The van der Waals surface area contributed by atoms with Crippen LogP contribution in [0.4, 0.5) is 0 Å². The average Bonchev–Trinajstić information content (AvgIpc) is 3.25. The maximum absolute atomic E-state index is 13.2. The zero-order valence-electron chi connectivity index (χ0n) is 20.0. The van der Waals surface area contributed by atoms with Gasteiger partial charge in [-0.3, -0.25) is 19.7 Å². The van der Waals surface area contributed by atoms with Gasteiger partial charge in [0.25, 0.3) is 0 Å². The first-order valence-corrected chi connectivity index (χ1v) is 12.8. The number of halogens is 1. The second kappa shape index (κ2) is 9.21. The summed E-state index contributed by atoms with van der Waals surface area (Å²) in [5.41, 5.74) is 9.23. The Morgan fingerprint density at radius 2 is 2.00 bits per heavy atom. The Morgan fingerprint density at radius 3 is 2.86 bits per heavy atom. The maximum atomic E-state index is 13.2. The third-order valence-corrected chi connectivity index (χ3v) is 7.71. The van der Waals surface area contributed by atoms with Crippen LogP contribution < -0.4 is 0 Å². The number of nitrogens with zero attached hydrogens (tertiary/aromatic N) is 4. The van der Waals surface area contributed by atoms with E-state index in [0.717, 1.165) is 54.5 Å². The molecule has 1 aromatic heterocycles. The fourth-order valence-electron chi connectivity index (χ4n) is 5.78. The highest BCUT2D eigenvalue weighted by atomic mass is 35.5. The highest BCUT2D eigenvalue weighted by Gasteiger charge is 2.33. The monoisotopic (exact) mass is 484 g/mol. The van der Waals surface area contributed by atoms with Crippen LogP contribution in [0.15, 0.2) is 59.7 Å². The van der Waals surface area contributed by atoms with Gasteiger partial charge in [0.05, 0.1) is 18.7 Å². The van der Waals surface area contributed by atoms with Gasteiger partial charge < -0.3 is 4.90 Å². The van der Waals surface area contributed by atoms with Crippen molar-refractivity contribution < 1.29 is 4.79 Å². The van der Waals surface area contributed by atoms with E-state index in [0.29, 0.717) is 19.5 Å². The van der Waals surface area contributed by atoms with E-state index in [1.165, 1.54) is 27.8 Å². The number of rotatable bonds is 4. The molecule has 0 bridgehead atoms. The highest BCUT2D eigenvalue weighted by Crippen LogP contribution is 2.32. The SMILES string of the molecule is Cc1cc(C2=NCc3cc4c(cc32)CN([C@@H]2CCCN(Cc3cccc(Cl)c3)C2)C(=O)C4)ccn1. The summed E-state index contributed by atoms with van der Waals surface area (Å²) in [4.78, 5) is 27.0. The summed E-state index contributed by atoms with van der Waals surface area (Å²) in [5.74, 6) is 0.246. The molecule has 5 nitrogen and oxygen atoms in total. The van der Waals surface area contributed by atoms with Crippen LogP contribution in [0.1, 0.15) is 51.9 Å². The first-order valence-electron chi connectivity index (χ1n) is 12.4. The molecule has 0 aliphatic carbocycles. The molecule has 35 heavy (non-hydrogen) atoms. The molecule has 178 valence electrons. The first kappa shape index (κ1) is 22.4. The van der Waals surface area contributed by atoms with Gasteiger partial charge in [-0.1, -0.05) is 29.8 Å². The molecule has 3 aliphatic rings. The Labute approximate surface area is 211 Å². The normalized spacial score (nSPS) is 19.9. The van der Waals surface area contributed by atoms with Gasteiger partial charge in [-0.15, -0.1) is 0 Å². The van der Waals surface area contributed by atoms with Gasteiger partial charge in [0.1, 0.15) is 0 Å². The third-order valence-electron chi connectivity index (χ3n) is 7.48. The molecule has 4 heterocycles. The van der Waals surface area contributed by atoms with Gasteiger partial charge in [0, 0.05) is 53.7 Å². The van der Waals surface area contributed by atoms with E-state index < -0.39 is 0 Å². The van der Waals surface area contributed by atoms with Crippen molar-refractivity contribution in [3.05, 3.63) is 98.8 Å². The van der Waals surface area contributed by atoms with E-state index in [4.69, 9.17) is 16.6 Å². The van der Waals surface area contributed by atoms with Gasteiger partial charge in [0.15, 0.2) is 0 Å². The predicted molar refractivity (Wildman–Crippen MR) is 139 cm³/mol. The Balaban J connectivity index is 1.22. The van der Waals surface area contributed by atoms with Crippen molar-refractivity contribution in [3.8, 4) is 0 Å². The lowest BCUT2D eigenvalue weighted by atomic mass is 9.90. The van der Waals surface area contributed by atoms with Crippen LogP contribution in [0.3, 0.4) is 0 Å². The van der Waals surface area contributed by atoms with Gasteiger partial charge in [-0.05, 0) is 78.9 Å². The molecular weight excluding hydrogens is 456 g/mol. The number of pyridine rings is 1. The molecule has 6 rings (SSSR count). The summed E-state index contributed by atoms with van der Waals surface area (Å²) in [5, 5.41) is 0.774. The van der Waals surface area contributed by atoms with Crippen molar-refractivity contribution in [1.29, 1.82) is 0 Å². The minimum Gasteiger partial charge on any atom is -0.334 e. The van der Waals surface area contributed by atoms with Crippen LogP contribution in [-0.4, -0.2) is 45.5 Å². The highest BCUT2D eigenvalue weighted by molar-refractivity contribution is 6.30. The predicted octanol–water partition coefficient (Wildman–Crippen LogP) is 4.94. The second-order valence-corrected chi connectivity index (χ2v) is 10.4. The number of likely N-dealkylation sites (tertiary alicyclic amines) is 1. The Hall–Kier alpha value is -3.02. The number of aliphatic imine (C=N–C) groups is 1. The minimum atomic E-state index is 0.243. The summed E-state index contributed by atoms with van der Waals surface area (Å²) in [7, 11) is 0. The number of aryl methyl sites for hydroxylation is 1. The average molecular weight is 485 g/mol. The van der Waals surface area contributed by atoms with E-state index in [1.807, 2.05) is 37.4 Å². The standard InChI is InChI=1S/C29H29ClN4O/c1-19-10-21(7-8-31-19)29-27-13-24-17-34(28(35)14-22(24)12-23(27)15-32-29)26-6-3-9-33(18-26)16-20-4-2-5-25(30)11-20/h2,4-5,7-8,10-13,26H,3,6,9,14-18H2,1H3/t26-/m1/s1. The molecule has 1 fully saturated rings. The fraction of sp³-hybridized carbons (Fsp3) is 0.345. The summed E-state index contributed by atoms with van der Waals surface area (Å²) >= 11 is 6.19. The lowest BCUT2D eigenvalue weighted by Gasteiger charge is -2.41. The van der Waals surface area contributed by atoms with E-state index in [2.05, 4.69) is 39.0 Å². The van der Waals surface area contributed by atoms with Crippen molar-refractivity contribution in [2.45, 2.75) is 51.9 Å². The second-order valence-electron chi connectivity index (χ2n) is 9.99. The summed E-state index contributed by atoms with van der Waals surface area (Å²) in [6.45, 7) is 6.20. The summed E-state index contributed by atoms with van der Waals surface area (Å²) in [6.07, 6.45) is 4.49. The molecule has 0 radical (unpaired) electrons. The summed E-state index contributed by atoms with van der Waals surface area (Å²) < 4.78 is 0. The number of piperidine rings is 1. The van der Waals surface area contributed by atoms with Gasteiger partial charge in [0.2, 0.25) is 5.91 Å². The number of aromatic nitrogens is 1. The number of hydrogen-bond acceptors (Lipinski definition) is 4. The molecule has 0 N–H and O–H groups in total. The molecule has 3 aromatic rings. The van der Waals surface area contributed by atoms with Crippen molar-refractivity contribution in [2.24, 2.45) is 4.99 Å². The molecule has 1 atom stereocenters. The zero-order valence-corrected chi connectivity index (χ0v) is 20.8. The molecular formula is C29H29ClN4O. The number of amides is 1. The van der Waals surface area contributed by atoms with Gasteiger partial charge >= 0.3 is 0 Å². The van der Waals surface area contributed by atoms with Gasteiger partial charge in [-0.2, -0.15) is 0 Å². The van der Waals surface area contributed by atoms with Crippen LogP contribution in [0.5, 0.6) is 0 Å². The largest absolute Gasteiger partial charge is 0.334 e. The summed E-state index contributed by atoms with van der Waals surface area (Å²) in [6, 6.07) is 17.0. The van der Waals surface area contributed by atoms with Crippen LogP contribution in [0, 0.1) is 6.92 Å². The topological polar surface area (TPSA) is 48.8 Å². The molecule has 0 spiro atoms. The van der Waals surface area contributed by atoms with Crippen molar-refractivity contribution in [2.75, 3.05) is 13.1 Å². The molecule has 0 saturated carbocycles. The van der Waals surface area contributed by atoms with Crippen molar-refractivity contribution in [3.63, 3.8) is 0 Å². The van der Waals surface area contributed by atoms with Crippen LogP contribution in [0.25, 0.3) is 0 Å². The third kappa shape index (κ3) is 4.51. The number of carbonyl (C=O) groups is 1. The van der Waals surface area contributed by atoms with Gasteiger partial charge in [-0.25, -0.2) is 0 Å². The molecule has 1 amide bonds. The molecule has 0 unspecified atom stereocenters. The molecule has 1 saturated heterocycles. The quantitative estimate of drug-likeness (QED) is 0.526. The molecule has 6 heteroatoms. The number of benzene rings is 2. The molecule has 2 aromatic carbocycles. The van der Waals surface area contributed by atoms with E-state index in [-0.39, 0.29) is 11.9 Å². The lowest BCUT2D eigenvalue weighted by Crippen LogP contribution is -2.51. The van der Waals surface area contributed by atoms with Crippen LogP contribution in [-0.2, 0) is 30.8 Å². The van der Waals surface area contributed by atoms with E-state index >= 15 is 0 Å². The number of hydrogen-bond donors (Lipinski definition) is 0. The fourth-order valence-corrected chi connectivity index (χ4v) is 6.00. The first-order chi connectivity index (χ1) is 17.0. The van der Waals surface area contributed by atoms with Crippen LogP contribution >= 0.6 is 11.6 Å². The van der Waals surface area contributed by atoms with E-state index in [1.54, 1.807) is 0 Å². The smallest absolute Gasteiger partial charge is 0.227 e. The lowest BCUT2D eigenvalue weighted by molar-refractivity contribution is -0.135. The Kier molecular flexibility index (Phi) is 5.91. The van der Waals surface area contributed by atoms with Crippen molar-refractivity contribution >= 4 is 23.2 Å². The number of carbonyl (C=O) groups excluding carboxylic acids is 1. The van der Waals surface area contributed by atoms with Crippen molar-refractivity contribution in [1.82, 2.24) is 14.8 Å².